The predicted molar refractivity (Wildman–Crippen MR) is 42.3 cm³/mol. The molecule has 0 aromatic carbocycles. The number of rotatable bonds is 1. The molecule has 0 fully saturated rings. The van der Waals surface area contributed by atoms with E-state index in [2.05, 4.69) is 4.98 Å². The average Bonchev–Trinajstić information content (AvgIpc) is 2.05. The van der Waals surface area contributed by atoms with E-state index in [1.54, 1.807) is 0 Å². The molecule has 0 aliphatic heterocycles. The van der Waals surface area contributed by atoms with Crippen molar-refractivity contribution in [3.8, 4) is 6.19 Å². The van der Waals surface area contributed by atoms with Gasteiger partial charge in [0, 0.05) is 12.4 Å². The first-order valence-electron chi connectivity index (χ1n) is 3.04. The molecule has 0 saturated heterocycles. The molecule has 0 aliphatic rings. The Balaban J connectivity index is 2.90. The minimum absolute atomic E-state index is 0.268. The highest BCUT2D eigenvalue weighted by atomic mass is 35.5. The fourth-order valence-electron chi connectivity index (χ4n) is 0.659. The highest BCUT2D eigenvalue weighted by Gasteiger charge is 2.04. The van der Waals surface area contributed by atoms with Gasteiger partial charge in [-0.05, 0) is 6.07 Å². The van der Waals surface area contributed by atoms with Crippen LogP contribution in [0, 0.1) is 11.5 Å². The normalized spacial score (nSPS) is 8.67. The lowest BCUT2D eigenvalue weighted by Crippen LogP contribution is -2.17. The number of carbonyl (C=O) groups excluding carboxylic acids is 1. The van der Waals surface area contributed by atoms with E-state index >= 15 is 0 Å². The van der Waals surface area contributed by atoms with E-state index in [0.29, 0.717) is 5.02 Å². The van der Waals surface area contributed by atoms with Gasteiger partial charge in [-0.3, -0.25) is 15.1 Å². The Morgan fingerprint density at radius 1 is 1.67 bits per heavy atom. The predicted octanol–water partition coefficient (Wildman–Crippen LogP) is 0.946. The lowest BCUT2D eigenvalue weighted by atomic mass is 10.3. The smallest absolute Gasteiger partial charge is 0.265 e. The number of carbonyl (C=O) groups is 1. The monoisotopic (exact) mass is 181 g/mol. The van der Waals surface area contributed by atoms with Gasteiger partial charge in [0.1, 0.15) is 0 Å². The fourth-order valence-corrected chi connectivity index (χ4v) is 0.833. The molecule has 1 heterocycles. The van der Waals surface area contributed by atoms with Gasteiger partial charge in [0.15, 0.2) is 6.19 Å². The van der Waals surface area contributed by atoms with Gasteiger partial charge >= 0.3 is 0 Å². The van der Waals surface area contributed by atoms with Gasteiger partial charge in [-0.15, -0.1) is 0 Å². The van der Waals surface area contributed by atoms with Crippen LogP contribution >= 0.6 is 11.6 Å². The SMILES string of the molecule is N#CNC(=O)c1cncc(Cl)c1. The lowest BCUT2D eigenvalue weighted by molar-refractivity contribution is 0.0972. The molecule has 0 aliphatic carbocycles. The van der Waals surface area contributed by atoms with Crippen molar-refractivity contribution in [2.24, 2.45) is 0 Å². The Hall–Kier alpha value is -1.60. The number of pyridine rings is 1. The second-order valence-corrected chi connectivity index (χ2v) is 2.39. The molecule has 0 atom stereocenters. The van der Waals surface area contributed by atoms with Gasteiger partial charge in [0.2, 0.25) is 0 Å². The number of nitriles is 1. The van der Waals surface area contributed by atoms with Gasteiger partial charge < -0.3 is 0 Å². The molecule has 1 aromatic rings. The summed E-state index contributed by atoms with van der Waals surface area (Å²) < 4.78 is 0. The summed E-state index contributed by atoms with van der Waals surface area (Å²) in [7, 11) is 0. The standard InChI is InChI=1S/C7H4ClN3O/c8-6-1-5(2-10-3-6)7(12)11-4-9/h1-3H,(H,11,12). The van der Waals surface area contributed by atoms with Gasteiger partial charge in [-0.1, -0.05) is 11.6 Å². The van der Waals surface area contributed by atoms with Crippen LogP contribution in [-0.2, 0) is 0 Å². The maximum absolute atomic E-state index is 11.0. The van der Waals surface area contributed by atoms with Crippen LogP contribution in [0.1, 0.15) is 10.4 Å². The maximum Gasteiger partial charge on any atom is 0.265 e. The summed E-state index contributed by atoms with van der Waals surface area (Å²) >= 11 is 5.56. The molecular weight excluding hydrogens is 178 g/mol. The largest absolute Gasteiger partial charge is 0.268 e. The molecule has 0 unspecified atom stereocenters. The number of nitrogens with one attached hydrogen (secondary N) is 1. The second kappa shape index (κ2) is 3.69. The van der Waals surface area contributed by atoms with Crippen LogP contribution in [0.15, 0.2) is 18.5 Å². The first kappa shape index (κ1) is 8.50. The quantitative estimate of drug-likeness (QED) is 0.518. The number of hydrogen-bond donors (Lipinski definition) is 1. The van der Waals surface area contributed by atoms with E-state index in [-0.39, 0.29) is 5.56 Å². The highest BCUT2D eigenvalue weighted by molar-refractivity contribution is 6.30. The Labute approximate surface area is 73.8 Å². The van der Waals surface area contributed by atoms with E-state index in [9.17, 15) is 4.79 Å². The number of amides is 1. The summed E-state index contributed by atoms with van der Waals surface area (Å²) in [6.45, 7) is 0. The molecule has 0 bridgehead atoms. The zero-order chi connectivity index (χ0) is 8.97. The summed E-state index contributed by atoms with van der Waals surface area (Å²) in [4.78, 5) is 14.6. The molecule has 0 radical (unpaired) electrons. The Bertz CT molecular complexity index is 345. The number of aromatic nitrogens is 1. The van der Waals surface area contributed by atoms with Crippen molar-refractivity contribution in [1.29, 1.82) is 5.26 Å². The maximum atomic E-state index is 11.0. The third kappa shape index (κ3) is 1.94. The van der Waals surface area contributed by atoms with Crippen molar-refractivity contribution >= 4 is 17.5 Å². The molecule has 60 valence electrons. The van der Waals surface area contributed by atoms with Crippen LogP contribution in [-0.4, -0.2) is 10.9 Å². The molecule has 1 aromatic heterocycles. The second-order valence-electron chi connectivity index (χ2n) is 1.96. The fraction of sp³-hybridized carbons (Fsp3) is 0. The molecule has 4 nitrogen and oxygen atoms in total. The van der Waals surface area contributed by atoms with E-state index in [4.69, 9.17) is 16.9 Å². The van der Waals surface area contributed by atoms with Crippen molar-refractivity contribution in [3.05, 3.63) is 29.0 Å². The Kier molecular flexibility index (Phi) is 2.62. The minimum Gasteiger partial charge on any atom is -0.268 e. The molecule has 0 saturated carbocycles. The minimum atomic E-state index is -0.507. The Morgan fingerprint density at radius 3 is 3.00 bits per heavy atom. The van der Waals surface area contributed by atoms with Crippen LogP contribution in [0.2, 0.25) is 5.02 Å². The summed E-state index contributed by atoms with van der Waals surface area (Å²) in [5, 5.41) is 10.5. The van der Waals surface area contributed by atoms with Crippen molar-refractivity contribution in [3.63, 3.8) is 0 Å². The van der Waals surface area contributed by atoms with Crippen LogP contribution in [0.4, 0.5) is 0 Å². The molecule has 1 rings (SSSR count). The molecule has 1 N–H and O–H groups in total. The van der Waals surface area contributed by atoms with Gasteiger partial charge in [-0.2, -0.15) is 5.26 Å². The van der Waals surface area contributed by atoms with Crippen LogP contribution in [0.5, 0.6) is 0 Å². The highest BCUT2D eigenvalue weighted by Crippen LogP contribution is 2.07. The van der Waals surface area contributed by atoms with E-state index < -0.39 is 5.91 Å². The van der Waals surface area contributed by atoms with Crippen LogP contribution in [0.25, 0.3) is 0 Å². The molecular formula is C7H4ClN3O. The molecule has 0 spiro atoms. The van der Waals surface area contributed by atoms with Gasteiger partial charge in [0.25, 0.3) is 5.91 Å². The average molecular weight is 182 g/mol. The van der Waals surface area contributed by atoms with Gasteiger partial charge in [-0.25, -0.2) is 0 Å². The van der Waals surface area contributed by atoms with Crippen LogP contribution < -0.4 is 5.32 Å². The van der Waals surface area contributed by atoms with E-state index in [0.717, 1.165) is 0 Å². The topological polar surface area (TPSA) is 65.8 Å². The zero-order valence-corrected chi connectivity index (χ0v) is 6.67. The Morgan fingerprint density at radius 2 is 2.42 bits per heavy atom. The summed E-state index contributed by atoms with van der Waals surface area (Å²) in [6.07, 6.45) is 4.25. The molecule has 12 heavy (non-hydrogen) atoms. The number of halogens is 1. The van der Waals surface area contributed by atoms with Crippen molar-refractivity contribution in [1.82, 2.24) is 10.3 Å². The van der Waals surface area contributed by atoms with E-state index in [1.807, 2.05) is 5.32 Å². The number of nitrogens with zero attached hydrogens (tertiary/aromatic N) is 2. The zero-order valence-electron chi connectivity index (χ0n) is 5.91. The summed E-state index contributed by atoms with van der Waals surface area (Å²) in [5.74, 6) is -0.507. The van der Waals surface area contributed by atoms with Crippen molar-refractivity contribution in [2.45, 2.75) is 0 Å². The molecule has 5 heteroatoms. The lowest BCUT2D eigenvalue weighted by Gasteiger charge is -1.95. The van der Waals surface area contributed by atoms with Crippen molar-refractivity contribution < 1.29 is 4.79 Å². The van der Waals surface area contributed by atoms with Gasteiger partial charge in [0.05, 0.1) is 10.6 Å². The van der Waals surface area contributed by atoms with E-state index in [1.165, 1.54) is 24.7 Å². The molecule has 1 amide bonds. The van der Waals surface area contributed by atoms with Crippen molar-refractivity contribution in [2.75, 3.05) is 0 Å². The first-order chi connectivity index (χ1) is 5.74. The summed E-state index contributed by atoms with van der Waals surface area (Å²) in [5.41, 5.74) is 0.268. The third-order valence-corrected chi connectivity index (χ3v) is 1.34. The van der Waals surface area contributed by atoms with Crippen LogP contribution in [0.3, 0.4) is 0 Å². The first-order valence-corrected chi connectivity index (χ1v) is 3.42. The third-order valence-electron chi connectivity index (χ3n) is 1.14. The number of hydrogen-bond acceptors (Lipinski definition) is 3. The summed E-state index contributed by atoms with van der Waals surface area (Å²) in [6, 6.07) is 1.43.